The van der Waals surface area contributed by atoms with Crippen molar-refractivity contribution in [3.8, 4) is 11.3 Å². The van der Waals surface area contributed by atoms with Gasteiger partial charge in [0, 0.05) is 61.9 Å². The number of pyridine rings is 2. The fraction of sp³-hybridized carbons (Fsp3) is 0.250. The van der Waals surface area contributed by atoms with E-state index in [4.69, 9.17) is 0 Å². The molecule has 3 aromatic heterocycles. The summed E-state index contributed by atoms with van der Waals surface area (Å²) in [5.41, 5.74) is 2.39. The summed E-state index contributed by atoms with van der Waals surface area (Å²) in [4.78, 5) is 27.4. The summed E-state index contributed by atoms with van der Waals surface area (Å²) in [6, 6.07) is 11.1. The smallest absolute Gasteiger partial charge is 0.257 e. The molecular formula is C24H22F2N6O. The number of hydrogen-bond donors (Lipinski definition) is 1. The van der Waals surface area contributed by atoms with Crippen LogP contribution in [0.4, 0.5) is 20.4 Å². The van der Waals surface area contributed by atoms with Gasteiger partial charge in [0.05, 0.1) is 18.2 Å². The Balaban J connectivity index is 1.35. The molecule has 1 saturated heterocycles. The summed E-state index contributed by atoms with van der Waals surface area (Å²) in [5, 5.41) is 4.71. The van der Waals surface area contributed by atoms with Crippen LogP contribution in [0.5, 0.6) is 0 Å². The molecule has 1 aliphatic heterocycles. The topological polar surface area (TPSA) is 75.9 Å². The van der Waals surface area contributed by atoms with Gasteiger partial charge < -0.3 is 14.8 Å². The molecule has 1 aromatic carbocycles. The van der Waals surface area contributed by atoms with E-state index in [1.54, 1.807) is 35.8 Å². The third-order valence-electron chi connectivity index (χ3n) is 5.90. The molecule has 4 aromatic rings. The monoisotopic (exact) mass is 448 g/mol. The number of aromatic nitrogens is 4. The molecule has 1 amide bonds. The minimum Gasteiger partial charge on any atom is -0.356 e. The highest BCUT2D eigenvalue weighted by molar-refractivity contribution is 6.05. The lowest BCUT2D eigenvalue weighted by Crippen LogP contribution is -2.39. The number of carbonyl (C=O) groups is 1. The number of carbonyl (C=O) groups excluding carboxylic acids is 1. The molecule has 1 aliphatic rings. The van der Waals surface area contributed by atoms with Gasteiger partial charge >= 0.3 is 0 Å². The lowest BCUT2D eigenvalue weighted by molar-refractivity contribution is -0.0221. The van der Waals surface area contributed by atoms with Crippen LogP contribution in [0, 0.1) is 0 Å². The van der Waals surface area contributed by atoms with E-state index in [-0.39, 0.29) is 31.8 Å². The summed E-state index contributed by atoms with van der Waals surface area (Å²) in [6.45, 7) is 0.409. The molecule has 5 rings (SSSR count). The molecule has 0 unspecified atom stereocenters. The van der Waals surface area contributed by atoms with Crippen LogP contribution in [0.3, 0.4) is 0 Å². The van der Waals surface area contributed by atoms with Gasteiger partial charge in [-0.25, -0.2) is 23.7 Å². The molecule has 1 fully saturated rings. The maximum atomic E-state index is 13.5. The molecule has 0 atom stereocenters. The second-order valence-corrected chi connectivity index (χ2v) is 8.22. The van der Waals surface area contributed by atoms with Crippen LogP contribution in [-0.4, -0.2) is 44.4 Å². The third-order valence-corrected chi connectivity index (χ3v) is 5.90. The van der Waals surface area contributed by atoms with Gasteiger partial charge in [0.2, 0.25) is 0 Å². The van der Waals surface area contributed by atoms with E-state index in [2.05, 4.69) is 20.3 Å². The Bertz CT molecular complexity index is 1330. The summed E-state index contributed by atoms with van der Waals surface area (Å²) in [5.74, 6) is -2.03. The van der Waals surface area contributed by atoms with E-state index in [0.29, 0.717) is 17.2 Å². The van der Waals surface area contributed by atoms with E-state index in [1.165, 1.54) is 6.20 Å². The Hall–Kier alpha value is -3.88. The van der Waals surface area contributed by atoms with Crippen molar-refractivity contribution in [2.75, 3.05) is 23.3 Å². The number of halogens is 2. The van der Waals surface area contributed by atoms with E-state index >= 15 is 0 Å². The number of benzene rings is 1. The van der Waals surface area contributed by atoms with Gasteiger partial charge in [0.1, 0.15) is 11.6 Å². The Morgan fingerprint density at radius 3 is 2.61 bits per heavy atom. The second-order valence-electron chi connectivity index (χ2n) is 8.22. The highest BCUT2D eigenvalue weighted by Gasteiger charge is 2.34. The average molecular weight is 448 g/mol. The SMILES string of the molecule is Cn1cncc1-c1ccc2cnc(NC(=O)c3ccnc(N4CCC(F)(F)CC4)c3)cc2c1. The van der Waals surface area contributed by atoms with E-state index in [0.717, 1.165) is 22.0 Å². The first-order chi connectivity index (χ1) is 15.9. The number of anilines is 2. The molecule has 0 aliphatic carbocycles. The molecule has 0 radical (unpaired) electrons. The maximum Gasteiger partial charge on any atom is 0.257 e. The Kier molecular flexibility index (Phi) is 5.24. The van der Waals surface area contributed by atoms with Gasteiger partial charge in [0.25, 0.3) is 11.8 Å². The highest BCUT2D eigenvalue weighted by Crippen LogP contribution is 2.30. The normalized spacial score (nSPS) is 15.5. The van der Waals surface area contributed by atoms with Crippen molar-refractivity contribution in [1.29, 1.82) is 0 Å². The molecule has 9 heteroatoms. The van der Waals surface area contributed by atoms with Crippen molar-refractivity contribution < 1.29 is 13.6 Å². The van der Waals surface area contributed by atoms with Crippen molar-refractivity contribution in [2.45, 2.75) is 18.8 Å². The third kappa shape index (κ3) is 4.39. The molecule has 0 saturated carbocycles. The van der Waals surface area contributed by atoms with Crippen LogP contribution in [-0.2, 0) is 7.05 Å². The van der Waals surface area contributed by atoms with Crippen molar-refractivity contribution in [3.63, 3.8) is 0 Å². The van der Waals surface area contributed by atoms with Crippen LogP contribution in [0.15, 0.2) is 61.3 Å². The molecule has 7 nitrogen and oxygen atoms in total. The van der Waals surface area contributed by atoms with Gasteiger partial charge in [-0.1, -0.05) is 12.1 Å². The van der Waals surface area contributed by atoms with Gasteiger partial charge in [-0.2, -0.15) is 0 Å². The Morgan fingerprint density at radius 2 is 1.85 bits per heavy atom. The Morgan fingerprint density at radius 1 is 1.03 bits per heavy atom. The van der Waals surface area contributed by atoms with Crippen molar-refractivity contribution in [1.82, 2.24) is 19.5 Å². The van der Waals surface area contributed by atoms with E-state index < -0.39 is 5.92 Å². The van der Waals surface area contributed by atoms with Crippen molar-refractivity contribution in [2.24, 2.45) is 7.05 Å². The van der Waals surface area contributed by atoms with Crippen LogP contribution < -0.4 is 10.2 Å². The summed E-state index contributed by atoms with van der Waals surface area (Å²) in [7, 11) is 1.93. The minimum absolute atomic E-state index is 0.205. The largest absolute Gasteiger partial charge is 0.356 e. The summed E-state index contributed by atoms with van der Waals surface area (Å²) < 4.78 is 28.9. The van der Waals surface area contributed by atoms with E-state index in [1.807, 2.05) is 35.9 Å². The fourth-order valence-corrected chi connectivity index (χ4v) is 3.99. The first-order valence-electron chi connectivity index (χ1n) is 10.6. The molecule has 33 heavy (non-hydrogen) atoms. The van der Waals surface area contributed by atoms with Gasteiger partial charge in [-0.3, -0.25) is 4.79 Å². The van der Waals surface area contributed by atoms with Gasteiger partial charge in [0.15, 0.2) is 0 Å². The molecule has 0 spiro atoms. The van der Waals surface area contributed by atoms with Crippen LogP contribution in [0.25, 0.3) is 22.0 Å². The maximum absolute atomic E-state index is 13.5. The second kappa shape index (κ2) is 8.23. The average Bonchev–Trinajstić information content (AvgIpc) is 3.24. The number of nitrogens with one attached hydrogen (secondary N) is 1. The number of amides is 1. The highest BCUT2D eigenvalue weighted by atomic mass is 19.3. The molecule has 1 N–H and O–H groups in total. The fourth-order valence-electron chi connectivity index (χ4n) is 3.99. The number of piperidine rings is 1. The van der Waals surface area contributed by atoms with E-state index in [9.17, 15) is 13.6 Å². The Labute approximate surface area is 189 Å². The first-order valence-corrected chi connectivity index (χ1v) is 10.6. The lowest BCUT2D eigenvalue weighted by Gasteiger charge is -2.32. The van der Waals surface area contributed by atoms with Gasteiger partial charge in [-0.05, 0) is 29.7 Å². The minimum atomic E-state index is -2.64. The lowest BCUT2D eigenvalue weighted by atomic mass is 10.1. The molecule has 0 bridgehead atoms. The zero-order valence-corrected chi connectivity index (χ0v) is 18.0. The van der Waals surface area contributed by atoms with Crippen molar-refractivity contribution in [3.05, 3.63) is 66.9 Å². The first kappa shape index (κ1) is 21.0. The number of alkyl halides is 2. The van der Waals surface area contributed by atoms with Crippen LogP contribution >= 0.6 is 0 Å². The predicted molar refractivity (Wildman–Crippen MR) is 123 cm³/mol. The number of aryl methyl sites for hydroxylation is 1. The molecular weight excluding hydrogens is 426 g/mol. The quantitative estimate of drug-likeness (QED) is 0.497. The van der Waals surface area contributed by atoms with Crippen LogP contribution in [0.2, 0.25) is 0 Å². The zero-order valence-electron chi connectivity index (χ0n) is 18.0. The number of hydrogen-bond acceptors (Lipinski definition) is 5. The zero-order chi connectivity index (χ0) is 23.0. The molecule has 168 valence electrons. The summed E-state index contributed by atoms with van der Waals surface area (Å²) >= 11 is 0. The van der Waals surface area contributed by atoms with Crippen molar-refractivity contribution >= 4 is 28.3 Å². The number of fused-ring (bicyclic) bond motifs is 1. The van der Waals surface area contributed by atoms with Gasteiger partial charge in [-0.15, -0.1) is 0 Å². The predicted octanol–water partition coefficient (Wildman–Crippen LogP) is 4.52. The number of imidazole rings is 1. The summed E-state index contributed by atoms with van der Waals surface area (Å²) in [6.07, 6.45) is 6.35. The number of nitrogens with zero attached hydrogens (tertiary/aromatic N) is 5. The van der Waals surface area contributed by atoms with Crippen LogP contribution in [0.1, 0.15) is 23.2 Å². The molecule has 4 heterocycles. The number of rotatable bonds is 4. The standard InChI is InChI=1S/C24H22F2N6O/c1-31-15-27-14-20(31)16-2-3-18-13-29-21(11-19(18)10-16)30-23(33)17-4-7-28-22(12-17)32-8-5-24(25,26)6-9-32/h2-4,7,10-15H,5-6,8-9H2,1H3,(H,29,30,33).